The molecule has 4 heavy (non-hydrogen) atoms. The Kier molecular flexibility index (Phi) is 19.9. The van der Waals surface area contributed by atoms with Gasteiger partial charge in [0.05, 0.1) is 0 Å². The SMILES string of the molecule is [H-].[Na+].[O]=[Ti]=[O]. The van der Waals surface area contributed by atoms with Crippen molar-refractivity contribution in [2.24, 2.45) is 0 Å². The normalized spacial score (nSPS) is 2.00. The fraction of sp³-hybridized carbons (Fsp3) is 0. The Morgan fingerprint density at radius 1 is 1.50 bits per heavy atom. The summed E-state index contributed by atoms with van der Waals surface area (Å²) in [6.45, 7) is 0. The molecule has 0 aliphatic rings. The van der Waals surface area contributed by atoms with Gasteiger partial charge in [0.25, 0.3) is 0 Å². The third kappa shape index (κ3) is 10.3. The van der Waals surface area contributed by atoms with E-state index in [0.29, 0.717) is 0 Å². The van der Waals surface area contributed by atoms with Gasteiger partial charge in [-0.05, 0) is 0 Å². The van der Waals surface area contributed by atoms with Gasteiger partial charge in [-0.15, -0.1) is 0 Å². The summed E-state index contributed by atoms with van der Waals surface area (Å²) in [5.41, 5.74) is 0. The molecule has 0 saturated heterocycles. The van der Waals surface area contributed by atoms with Gasteiger partial charge in [-0.2, -0.15) is 0 Å². The van der Waals surface area contributed by atoms with E-state index in [-0.39, 0.29) is 31.0 Å². The van der Waals surface area contributed by atoms with Crippen LogP contribution in [0.5, 0.6) is 0 Å². The van der Waals surface area contributed by atoms with Crippen molar-refractivity contribution in [1.29, 1.82) is 0 Å². The summed E-state index contributed by atoms with van der Waals surface area (Å²) < 4.78 is 17.0. The van der Waals surface area contributed by atoms with E-state index in [4.69, 9.17) is 6.65 Å². The molecule has 0 atom stereocenters. The quantitative estimate of drug-likeness (QED) is 0.304. The topological polar surface area (TPSA) is 34.1 Å². The zero-order valence-electron chi connectivity index (χ0n) is 3.32. The first-order valence-electron chi connectivity index (χ1n) is 0.408. The fourth-order valence-electron chi connectivity index (χ4n) is 0. The monoisotopic (exact) mass is 104 g/mol. The zero-order chi connectivity index (χ0) is 2.71. The van der Waals surface area contributed by atoms with Gasteiger partial charge in [-0.3, -0.25) is 0 Å². The third-order valence-corrected chi connectivity index (χ3v) is 0. The summed E-state index contributed by atoms with van der Waals surface area (Å²) in [6.07, 6.45) is 0. The molecule has 0 rings (SSSR count). The van der Waals surface area contributed by atoms with E-state index >= 15 is 0 Å². The molecule has 0 amide bonds. The summed E-state index contributed by atoms with van der Waals surface area (Å²) in [6, 6.07) is 0. The molecule has 0 aromatic rings. The van der Waals surface area contributed by atoms with E-state index in [1.54, 1.807) is 0 Å². The molecule has 0 bridgehead atoms. The van der Waals surface area contributed by atoms with Crippen LogP contribution in [-0.4, -0.2) is 0 Å². The summed E-state index contributed by atoms with van der Waals surface area (Å²) in [5, 5.41) is 0. The number of rotatable bonds is 0. The van der Waals surface area contributed by atoms with Crippen LogP contribution in [0.25, 0.3) is 0 Å². The van der Waals surface area contributed by atoms with Crippen LogP contribution in [0, 0.1) is 0 Å². The van der Waals surface area contributed by atoms with Crippen LogP contribution in [0.15, 0.2) is 0 Å². The summed E-state index contributed by atoms with van der Waals surface area (Å²) in [4.78, 5) is 0. The van der Waals surface area contributed by atoms with Crippen LogP contribution < -0.4 is 29.6 Å². The Labute approximate surface area is 56.3 Å². The van der Waals surface area contributed by atoms with Crippen LogP contribution in [-0.2, 0) is 25.7 Å². The molecule has 4 heteroatoms. The van der Waals surface area contributed by atoms with Crippen LogP contribution in [0.1, 0.15) is 1.43 Å². The molecule has 0 aromatic heterocycles. The van der Waals surface area contributed by atoms with Gasteiger partial charge in [0, 0.05) is 0 Å². The minimum atomic E-state index is -2.00. The molecule has 0 unspecified atom stereocenters. The Hall–Kier alpha value is 1.31. The average molecular weight is 104 g/mol. The van der Waals surface area contributed by atoms with Gasteiger partial charge < -0.3 is 1.43 Å². The summed E-state index contributed by atoms with van der Waals surface area (Å²) in [5.74, 6) is 0. The van der Waals surface area contributed by atoms with E-state index in [9.17, 15) is 0 Å². The first-order chi connectivity index (χ1) is 1.41. The van der Waals surface area contributed by atoms with Crippen molar-refractivity contribution in [3.63, 3.8) is 0 Å². The first-order valence-corrected chi connectivity index (χ1v) is 1.68. The molecule has 0 saturated carbocycles. The maximum absolute atomic E-state index is 8.50. The van der Waals surface area contributed by atoms with Crippen LogP contribution in [0.3, 0.4) is 0 Å². The Morgan fingerprint density at radius 3 is 1.50 bits per heavy atom. The fourth-order valence-corrected chi connectivity index (χ4v) is 0. The minimum absolute atomic E-state index is 0. The molecule has 0 N–H and O–H groups in total. The van der Waals surface area contributed by atoms with Crippen LogP contribution >= 0.6 is 0 Å². The Morgan fingerprint density at radius 2 is 1.50 bits per heavy atom. The Balaban J connectivity index is -0.0000000200. The molecule has 0 spiro atoms. The molecular weight excluding hydrogens is 103 g/mol. The second-order valence-electron chi connectivity index (χ2n) is 0.0833. The van der Waals surface area contributed by atoms with Crippen molar-refractivity contribution in [2.45, 2.75) is 0 Å². The molecule has 0 aliphatic carbocycles. The van der Waals surface area contributed by atoms with Crippen molar-refractivity contribution in [3.8, 4) is 0 Å². The van der Waals surface area contributed by atoms with Gasteiger partial charge in [-0.1, -0.05) is 0 Å². The van der Waals surface area contributed by atoms with E-state index < -0.39 is 19.1 Å². The predicted molar refractivity (Wildman–Crippen MR) is 2.49 cm³/mol. The van der Waals surface area contributed by atoms with Gasteiger partial charge in [0.15, 0.2) is 0 Å². The maximum atomic E-state index is 8.50. The standard InChI is InChI=1S/Na.2O.Ti.H/q+1;;;;-1. The average Bonchev–Trinajstić information content (AvgIpc) is 0.918. The van der Waals surface area contributed by atoms with Crippen LogP contribution in [0.4, 0.5) is 0 Å². The van der Waals surface area contributed by atoms with Crippen molar-refractivity contribution >= 4 is 0 Å². The van der Waals surface area contributed by atoms with E-state index in [0.717, 1.165) is 0 Å². The van der Waals surface area contributed by atoms with E-state index in [1.165, 1.54) is 0 Å². The number of hydrogen-bond acceptors (Lipinski definition) is 2. The summed E-state index contributed by atoms with van der Waals surface area (Å²) >= 11 is -2.00. The van der Waals surface area contributed by atoms with Crippen molar-refractivity contribution in [3.05, 3.63) is 0 Å². The molecule has 18 valence electrons. The van der Waals surface area contributed by atoms with Crippen molar-refractivity contribution < 1.29 is 56.7 Å². The van der Waals surface area contributed by atoms with Gasteiger partial charge >= 0.3 is 55.3 Å². The molecule has 0 aromatic carbocycles. The predicted octanol–water partition coefficient (Wildman–Crippen LogP) is -3.12. The first kappa shape index (κ1) is 9.00. The van der Waals surface area contributed by atoms with Crippen molar-refractivity contribution in [2.75, 3.05) is 0 Å². The zero-order valence-corrected chi connectivity index (χ0v) is 5.88. The molecule has 0 radical (unpaired) electrons. The second-order valence-corrected chi connectivity index (χ2v) is 0.344. The van der Waals surface area contributed by atoms with Gasteiger partial charge in [0.2, 0.25) is 0 Å². The van der Waals surface area contributed by atoms with Gasteiger partial charge in [0.1, 0.15) is 0 Å². The molecule has 2 nitrogen and oxygen atoms in total. The van der Waals surface area contributed by atoms with E-state index in [1.807, 2.05) is 0 Å². The molecule has 0 fully saturated rings. The molecule has 0 aliphatic heterocycles. The van der Waals surface area contributed by atoms with Crippen molar-refractivity contribution in [1.82, 2.24) is 0 Å². The second kappa shape index (κ2) is 8.85. The molecular formula is HNaO2Ti. The van der Waals surface area contributed by atoms with E-state index in [2.05, 4.69) is 0 Å². The number of hydrogen-bond donors (Lipinski definition) is 0. The third-order valence-electron chi connectivity index (χ3n) is 0. The van der Waals surface area contributed by atoms with Crippen LogP contribution in [0.2, 0.25) is 0 Å². The van der Waals surface area contributed by atoms with Gasteiger partial charge in [-0.25, -0.2) is 0 Å². The molecule has 0 heterocycles. The Bertz CT molecular complexity index is 30.6. The summed E-state index contributed by atoms with van der Waals surface area (Å²) in [7, 11) is 0.